The maximum absolute atomic E-state index is 4.53. The number of nitrogens with one attached hydrogen (secondary N) is 1. The van der Waals surface area contributed by atoms with Gasteiger partial charge in [-0.2, -0.15) is 0 Å². The van der Waals surface area contributed by atoms with Crippen LogP contribution in [0, 0.1) is 5.92 Å². The van der Waals surface area contributed by atoms with Crippen LogP contribution in [0.15, 0.2) is 11.8 Å². The van der Waals surface area contributed by atoms with Crippen molar-refractivity contribution in [1.82, 2.24) is 10.3 Å². The lowest BCUT2D eigenvalue weighted by Crippen LogP contribution is -2.21. The van der Waals surface area contributed by atoms with E-state index >= 15 is 0 Å². The normalized spacial score (nSPS) is 12.2. The van der Waals surface area contributed by atoms with Crippen molar-refractivity contribution in [2.75, 3.05) is 31.1 Å². The minimum atomic E-state index is 0.568. The van der Waals surface area contributed by atoms with Crippen LogP contribution >= 0.6 is 11.3 Å². The van der Waals surface area contributed by atoms with Crippen LogP contribution in [-0.2, 0) is 0 Å². The van der Waals surface area contributed by atoms with Gasteiger partial charge in [-0.15, -0.1) is 0 Å². The molecule has 0 aliphatic rings. The predicted octanol–water partition coefficient (Wildman–Crippen LogP) is 3.64. The van der Waals surface area contributed by atoms with E-state index < -0.39 is 0 Å². The van der Waals surface area contributed by atoms with Crippen molar-refractivity contribution < 1.29 is 0 Å². The average molecular weight is 281 g/mol. The quantitative estimate of drug-likeness (QED) is 0.788. The number of hydrogen-bond donors (Lipinski definition) is 1. The van der Waals surface area contributed by atoms with Crippen LogP contribution in [0.4, 0.5) is 5.13 Å². The Morgan fingerprint density at radius 2 is 2.05 bits per heavy atom. The Morgan fingerprint density at radius 1 is 1.37 bits per heavy atom. The van der Waals surface area contributed by atoms with Crippen molar-refractivity contribution in [3.05, 3.63) is 16.6 Å². The first-order valence-electron chi connectivity index (χ1n) is 7.24. The van der Waals surface area contributed by atoms with Crippen LogP contribution in [0.5, 0.6) is 0 Å². The summed E-state index contributed by atoms with van der Waals surface area (Å²) in [6.07, 6.45) is 4.28. The van der Waals surface area contributed by atoms with Gasteiger partial charge in [-0.1, -0.05) is 37.7 Å². The molecule has 0 saturated heterocycles. The minimum absolute atomic E-state index is 0.568. The Bertz CT molecular complexity index is 392. The highest BCUT2D eigenvalue weighted by atomic mass is 32.1. The lowest BCUT2D eigenvalue weighted by molar-refractivity contribution is 0.683. The summed E-state index contributed by atoms with van der Waals surface area (Å²) in [5, 5.41) is 4.53. The monoisotopic (exact) mass is 281 g/mol. The number of rotatable bonds is 8. The van der Waals surface area contributed by atoms with E-state index in [4.69, 9.17) is 0 Å². The molecule has 19 heavy (non-hydrogen) atoms. The number of anilines is 1. The van der Waals surface area contributed by atoms with Gasteiger partial charge in [0.15, 0.2) is 5.13 Å². The zero-order chi connectivity index (χ0) is 14.3. The highest BCUT2D eigenvalue weighted by Gasteiger charge is 2.08. The highest BCUT2D eigenvalue weighted by molar-refractivity contribution is 7.16. The summed E-state index contributed by atoms with van der Waals surface area (Å²) in [5.41, 5.74) is 1.44. The van der Waals surface area contributed by atoms with E-state index in [1.54, 1.807) is 11.3 Å². The third-order valence-electron chi connectivity index (χ3n) is 3.19. The van der Waals surface area contributed by atoms with Gasteiger partial charge >= 0.3 is 0 Å². The molecule has 1 aromatic heterocycles. The molecule has 0 aliphatic carbocycles. The Morgan fingerprint density at radius 3 is 2.58 bits per heavy atom. The third kappa shape index (κ3) is 4.96. The Hall–Kier alpha value is -0.870. The number of thiazole rings is 1. The lowest BCUT2D eigenvalue weighted by atomic mass is 10.0. The number of nitrogens with zero attached hydrogens (tertiary/aromatic N) is 2. The van der Waals surface area contributed by atoms with E-state index in [1.165, 1.54) is 10.5 Å². The molecule has 1 heterocycles. The number of likely N-dealkylation sites (N-methyl/N-ethyl adjacent to an activating group) is 1. The largest absolute Gasteiger partial charge is 0.349 e. The van der Waals surface area contributed by atoms with Gasteiger partial charge in [-0.05, 0) is 32.4 Å². The van der Waals surface area contributed by atoms with E-state index in [9.17, 15) is 0 Å². The van der Waals surface area contributed by atoms with E-state index in [1.807, 2.05) is 6.20 Å². The summed E-state index contributed by atoms with van der Waals surface area (Å²) in [7, 11) is 0. The van der Waals surface area contributed by atoms with Gasteiger partial charge in [0.25, 0.3) is 0 Å². The van der Waals surface area contributed by atoms with Crippen molar-refractivity contribution >= 4 is 22.5 Å². The number of aromatic nitrogens is 1. The average Bonchev–Trinajstić information content (AvgIpc) is 2.84. The fourth-order valence-corrected chi connectivity index (χ4v) is 2.88. The molecule has 108 valence electrons. The summed E-state index contributed by atoms with van der Waals surface area (Å²) >= 11 is 1.78. The second-order valence-corrected chi connectivity index (χ2v) is 5.91. The first kappa shape index (κ1) is 16.2. The number of hydrogen-bond acceptors (Lipinski definition) is 4. The second-order valence-electron chi connectivity index (χ2n) is 4.87. The molecule has 0 atom stereocenters. The highest BCUT2D eigenvalue weighted by Crippen LogP contribution is 2.25. The maximum atomic E-state index is 4.53. The van der Waals surface area contributed by atoms with Crippen LogP contribution in [0.1, 0.15) is 39.5 Å². The smallest absolute Gasteiger partial charge is 0.185 e. The van der Waals surface area contributed by atoms with Crippen molar-refractivity contribution in [2.45, 2.75) is 34.6 Å². The maximum Gasteiger partial charge on any atom is 0.185 e. The molecule has 0 unspecified atom stereocenters. The molecule has 0 bridgehead atoms. The van der Waals surface area contributed by atoms with Crippen LogP contribution in [0.2, 0.25) is 0 Å². The molecule has 0 fully saturated rings. The molecule has 0 radical (unpaired) electrons. The van der Waals surface area contributed by atoms with Gasteiger partial charge in [0.05, 0.1) is 0 Å². The standard InChI is InChI=1S/C15H27N3S/c1-6-16-10-13(12(4)5)9-14-11-17-15(19-14)18(7-2)8-3/h9,11-12,16H,6-8,10H2,1-5H3. The molecule has 0 amide bonds. The molecular weight excluding hydrogens is 254 g/mol. The Kier molecular flexibility index (Phi) is 7.10. The lowest BCUT2D eigenvalue weighted by Gasteiger charge is -2.16. The topological polar surface area (TPSA) is 28.2 Å². The molecule has 1 rings (SSSR count). The molecule has 3 nitrogen and oxygen atoms in total. The molecule has 0 spiro atoms. The SMILES string of the molecule is CCNCC(=Cc1cnc(N(CC)CC)s1)C(C)C. The fraction of sp³-hybridized carbons (Fsp3) is 0.667. The van der Waals surface area contributed by atoms with Crippen molar-refractivity contribution in [3.63, 3.8) is 0 Å². The van der Waals surface area contributed by atoms with Gasteiger partial charge in [-0.25, -0.2) is 4.98 Å². The molecule has 1 N–H and O–H groups in total. The van der Waals surface area contributed by atoms with Crippen molar-refractivity contribution in [1.29, 1.82) is 0 Å². The summed E-state index contributed by atoms with van der Waals surface area (Å²) in [6.45, 7) is 15.0. The predicted molar refractivity (Wildman–Crippen MR) is 87.0 cm³/mol. The van der Waals surface area contributed by atoms with Gasteiger partial charge in [0.1, 0.15) is 0 Å². The molecular formula is C15H27N3S. The fourth-order valence-electron chi connectivity index (χ4n) is 1.86. The Labute approximate surface area is 121 Å². The van der Waals surface area contributed by atoms with Gasteiger partial charge in [-0.3, -0.25) is 0 Å². The van der Waals surface area contributed by atoms with E-state index in [-0.39, 0.29) is 0 Å². The molecule has 0 aromatic carbocycles. The molecule has 0 aliphatic heterocycles. The Balaban J connectivity index is 2.83. The van der Waals surface area contributed by atoms with E-state index in [2.05, 4.69) is 55.9 Å². The van der Waals surface area contributed by atoms with Gasteiger partial charge in [0.2, 0.25) is 0 Å². The van der Waals surface area contributed by atoms with Crippen LogP contribution < -0.4 is 10.2 Å². The van der Waals surface area contributed by atoms with Crippen molar-refractivity contribution in [2.24, 2.45) is 5.92 Å². The third-order valence-corrected chi connectivity index (χ3v) is 4.20. The van der Waals surface area contributed by atoms with Gasteiger partial charge in [0, 0.05) is 30.7 Å². The summed E-state index contributed by atoms with van der Waals surface area (Å²) in [4.78, 5) is 8.08. The minimum Gasteiger partial charge on any atom is -0.349 e. The van der Waals surface area contributed by atoms with E-state index in [0.717, 1.165) is 31.3 Å². The second kappa shape index (κ2) is 8.33. The first-order chi connectivity index (χ1) is 9.12. The zero-order valence-corrected chi connectivity index (χ0v) is 13.7. The summed E-state index contributed by atoms with van der Waals surface area (Å²) < 4.78 is 0. The first-order valence-corrected chi connectivity index (χ1v) is 8.05. The van der Waals surface area contributed by atoms with Crippen LogP contribution in [0.3, 0.4) is 0 Å². The van der Waals surface area contributed by atoms with Crippen molar-refractivity contribution in [3.8, 4) is 0 Å². The molecule has 4 heteroatoms. The van der Waals surface area contributed by atoms with Crippen LogP contribution in [0.25, 0.3) is 6.08 Å². The van der Waals surface area contributed by atoms with E-state index in [0.29, 0.717) is 5.92 Å². The zero-order valence-electron chi connectivity index (χ0n) is 12.9. The molecule has 1 aromatic rings. The van der Waals surface area contributed by atoms with Gasteiger partial charge < -0.3 is 10.2 Å². The summed E-state index contributed by atoms with van der Waals surface area (Å²) in [6, 6.07) is 0. The van der Waals surface area contributed by atoms with Crippen LogP contribution in [-0.4, -0.2) is 31.2 Å². The summed E-state index contributed by atoms with van der Waals surface area (Å²) in [5.74, 6) is 0.568. The molecule has 0 saturated carbocycles.